The fourth-order valence-corrected chi connectivity index (χ4v) is 9.25. The van der Waals surface area contributed by atoms with E-state index in [-0.39, 0.29) is 49.9 Å². The third-order valence-electron chi connectivity index (χ3n) is 14.0. The fraction of sp³-hybridized carbons (Fsp3) is 0.796. The molecule has 1 unspecified atom stereocenters. The minimum atomic E-state index is -1.52. The molecule has 9 atom stereocenters. The van der Waals surface area contributed by atoms with Crippen LogP contribution in [-0.2, 0) is 47.9 Å². The summed E-state index contributed by atoms with van der Waals surface area (Å²) < 4.78 is 0. The van der Waals surface area contributed by atoms with Crippen LogP contribution in [0.1, 0.15) is 136 Å². The third-order valence-corrected chi connectivity index (χ3v) is 14.0. The Morgan fingerprint density at radius 2 is 0.922 bits per heavy atom. The highest BCUT2D eigenvalue weighted by Crippen LogP contribution is 2.24. The molecule has 0 radical (unpaired) electrons. The first-order valence-electron chi connectivity index (χ1n) is 27.0. The molecule has 5 N–H and O–H groups in total. The lowest BCUT2D eigenvalue weighted by Gasteiger charge is -2.40. The van der Waals surface area contributed by atoms with Gasteiger partial charge in [0, 0.05) is 55.8 Å². The topological polar surface area (TPSA) is 279 Å². The lowest BCUT2D eigenvalue weighted by atomic mass is 9.95. The number of urea groups is 1. The van der Waals surface area contributed by atoms with Crippen molar-refractivity contribution >= 4 is 65.1 Å². The van der Waals surface area contributed by atoms with Gasteiger partial charge in [-0.25, -0.2) is 4.79 Å². The second-order valence-corrected chi connectivity index (χ2v) is 23.7. The first kappa shape index (κ1) is 69.1. The van der Waals surface area contributed by atoms with Gasteiger partial charge in [-0.3, -0.25) is 52.8 Å². The second kappa shape index (κ2) is 29.8. The molecule has 23 nitrogen and oxygen atoms in total. The molecule has 0 aromatic carbocycles. The molecule has 1 saturated heterocycles. The zero-order chi connectivity index (χ0) is 60.0. The molecular formula is C54H97N11O12. The first-order valence-corrected chi connectivity index (χ1v) is 27.0. The van der Waals surface area contributed by atoms with Crippen LogP contribution in [0.2, 0.25) is 0 Å². The molecular weight excluding hydrogens is 995 g/mol. The first-order chi connectivity index (χ1) is 35.2. The molecule has 1 aliphatic rings. The highest BCUT2D eigenvalue weighted by atomic mass is 16.3. The summed E-state index contributed by atoms with van der Waals surface area (Å²) in [5.41, 5.74) is -1.52. The molecule has 0 aromatic rings. The van der Waals surface area contributed by atoms with Gasteiger partial charge in [0.25, 0.3) is 5.91 Å². The van der Waals surface area contributed by atoms with Gasteiger partial charge in [-0.05, 0) is 83.0 Å². The average molecular weight is 1090 g/mol. The Balaban J connectivity index is 4.11. The van der Waals surface area contributed by atoms with Crippen molar-refractivity contribution in [3.05, 3.63) is 0 Å². The Labute approximate surface area is 458 Å². The minimum Gasteiger partial charge on any atom is -0.390 e. The Kier molecular flexibility index (Phi) is 26.7. The highest BCUT2D eigenvalue weighted by Gasteiger charge is 2.43. The van der Waals surface area contributed by atoms with Crippen molar-refractivity contribution < 1.29 is 57.8 Å². The molecule has 0 aliphatic carbocycles. The smallest absolute Gasteiger partial charge is 0.324 e. The van der Waals surface area contributed by atoms with Crippen LogP contribution in [0.25, 0.3) is 0 Å². The minimum absolute atomic E-state index is 0.0257. The molecule has 12 amide bonds. The zero-order valence-corrected chi connectivity index (χ0v) is 50.4. The Hall–Kier alpha value is -5.87. The third kappa shape index (κ3) is 19.5. The van der Waals surface area contributed by atoms with Crippen LogP contribution in [0, 0.1) is 29.6 Å². The van der Waals surface area contributed by atoms with Crippen LogP contribution in [0.15, 0.2) is 0 Å². The standard InChI is InChI=1S/C54H97N11O12/c1-23-36-48(71)59(16)28-41(66)60(17)40(27-54(14,15)77)46(69)58-42(32(8)9)51(74)61(18)37(24-29(2)3)45(68)55-34(12)44(67)56-35(13)47(70)62(19)38(25-30(4)5)49(72)63(20)39(26-31(6)7)50(73)64(21)43(33(10)11)52(75)65(22)53(76)57-36/h29-40,42-43,77H,23-28H2,1-22H3,(H,55,68)(H,56,67)(H,57,76)(H,58,69)/t34-,35+,36-,37-,38-,39-,40+,42?,43-/m1/s1. The second-order valence-electron chi connectivity index (χ2n) is 23.7. The average Bonchev–Trinajstić information content (AvgIpc) is 3.32. The van der Waals surface area contributed by atoms with Gasteiger partial charge >= 0.3 is 6.03 Å². The number of hydrogen-bond donors (Lipinski definition) is 5. The number of nitrogens with zero attached hydrogens (tertiary/aromatic N) is 7. The van der Waals surface area contributed by atoms with Crippen molar-refractivity contribution in [3.63, 3.8) is 0 Å². The molecule has 1 heterocycles. The lowest BCUT2D eigenvalue weighted by molar-refractivity contribution is -0.154. The highest BCUT2D eigenvalue weighted by molar-refractivity contribution is 6.02. The molecule has 1 rings (SSSR count). The maximum atomic E-state index is 14.7. The quantitative estimate of drug-likeness (QED) is 0.198. The number of nitrogens with one attached hydrogen (secondary N) is 4. The number of likely N-dealkylation sites (N-methyl/N-ethyl adjacent to an activating group) is 7. The van der Waals surface area contributed by atoms with E-state index in [1.165, 1.54) is 96.6 Å². The monoisotopic (exact) mass is 1090 g/mol. The van der Waals surface area contributed by atoms with Crippen molar-refractivity contribution in [3.8, 4) is 0 Å². The number of amides is 12. The maximum Gasteiger partial charge on any atom is 0.324 e. The summed E-state index contributed by atoms with van der Waals surface area (Å²) in [6, 6.07) is -12.0. The SMILES string of the molecule is CC[C@H]1NC(=O)N(C)C(=O)[C@@H](C(C)C)N(C)C(=O)[C@@H](CC(C)C)N(C)C(=O)[C@@H](CC(C)C)N(C)C(=O)[C@H](C)NC(=O)[C@@H](C)NC(=O)[C@@H](CC(C)C)N(C)C(=O)C(C(C)C)NC(=O)[C@H](CC(C)(C)O)N(C)C(=O)CN(C)C1=O. The van der Waals surface area contributed by atoms with Gasteiger partial charge in [-0.2, -0.15) is 0 Å². The molecule has 77 heavy (non-hydrogen) atoms. The summed E-state index contributed by atoms with van der Waals surface area (Å²) in [6.45, 7) is 24.6. The summed E-state index contributed by atoms with van der Waals surface area (Å²) in [5.74, 6) is -8.54. The van der Waals surface area contributed by atoms with Crippen LogP contribution in [0.4, 0.5) is 4.79 Å². The number of carbonyl (C=O) groups is 11. The number of carbonyl (C=O) groups excluding carboxylic acids is 11. The Morgan fingerprint density at radius 1 is 0.494 bits per heavy atom. The van der Waals surface area contributed by atoms with Crippen LogP contribution in [-0.4, -0.2) is 220 Å². The largest absolute Gasteiger partial charge is 0.390 e. The van der Waals surface area contributed by atoms with E-state index >= 15 is 0 Å². The zero-order valence-electron chi connectivity index (χ0n) is 50.4. The van der Waals surface area contributed by atoms with E-state index in [0.717, 1.165) is 14.7 Å². The van der Waals surface area contributed by atoms with E-state index in [2.05, 4.69) is 21.3 Å². The van der Waals surface area contributed by atoms with E-state index in [1.54, 1.807) is 34.6 Å². The van der Waals surface area contributed by atoms with Gasteiger partial charge in [0.1, 0.15) is 54.4 Å². The molecule has 23 heteroatoms. The molecule has 1 aliphatic heterocycles. The van der Waals surface area contributed by atoms with Gasteiger partial charge in [-0.1, -0.05) is 76.2 Å². The molecule has 0 saturated carbocycles. The van der Waals surface area contributed by atoms with Gasteiger partial charge in [0.15, 0.2) is 0 Å². The van der Waals surface area contributed by atoms with Gasteiger partial charge < -0.3 is 55.8 Å². The molecule has 0 bridgehead atoms. The lowest BCUT2D eigenvalue weighted by Crippen LogP contribution is -2.61. The Morgan fingerprint density at radius 3 is 1.36 bits per heavy atom. The summed E-state index contributed by atoms with van der Waals surface area (Å²) >= 11 is 0. The summed E-state index contributed by atoms with van der Waals surface area (Å²) in [7, 11) is 9.53. The van der Waals surface area contributed by atoms with Crippen LogP contribution >= 0.6 is 0 Å². The predicted octanol–water partition coefficient (Wildman–Crippen LogP) is 1.65. The van der Waals surface area contributed by atoms with Crippen LogP contribution in [0.5, 0.6) is 0 Å². The summed E-state index contributed by atoms with van der Waals surface area (Å²) in [6.07, 6.45) is 0.187. The maximum absolute atomic E-state index is 14.7. The number of aliphatic hydroxyl groups is 1. The van der Waals surface area contributed by atoms with Gasteiger partial charge in [0.05, 0.1) is 12.1 Å². The van der Waals surface area contributed by atoms with E-state index in [1.807, 2.05) is 41.5 Å². The molecule has 440 valence electrons. The van der Waals surface area contributed by atoms with Crippen molar-refractivity contribution in [1.29, 1.82) is 0 Å². The van der Waals surface area contributed by atoms with Crippen LogP contribution in [0.3, 0.4) is 0 Å². The molecule has 0 aromatic heterocycles. The molecule has 0 spiro atoms. The van der Waals surface area contributed by atoms with Gasteiger partial charge in [0.2, 0.25) is 53.2 Å². The van der Waals surface area contributed by atoms with Crippen molar-refractivity contribution in [2.24, 2.45) is 29.6 Å². The fourth-order valence-electron chi connectivity index (χ4n) is 9.25. The van der Waals surface area contributed by atoms with E-state index in [4.69, 9.17) is 0 Å². The normalized spacial score (nSPS) is 26.5. The van der Waals surface area contributed by atoms with Crippen molar-refractivity contribution in [2.45, 2.75) is 196 Å². The number of imide groups is 1. The van der Waals surface area contributed by atoms with Gasteiger partial charge in [-0.15, -0.1) is 0 Å². The number of hydrogen-bond acceptors (Lipinski definition) is 12. The summed E-state index contributed by atoms with van der Waals surface area (Å²) in [5, 5.41) is 21.6. The predicted molar refractivity (Wildman–Crippen MR) is 292 cm³/mol. The van der Waals surface area contributed by atoms with E-state index < -0.39 is 143 Å². The van der Waals surface area contributed by atoms with Crippen LogP contribution < -0.4 is 21.3 Å². The van der Waals surface area contributed by atoms with Crippen molar-refractivity contribution in [2.75, 3.05) is 55.9 Å². The number of rotatable bonds is 11. The molecule has 1 fully saturated rings. The summed E-state index contributed by atoms with van der Waals surface area (Å²) in [4.78, 5) is 164. The van der Waals surface area contributed by atoms with Crippen molar-refractivity contribution in [1.82, 2.24) is 55.6 Å². The Bertz CT molecular complexity index is 2110. The van der Waals surface area contributed by atoms with E-state index in [0.29, 0.717) is 0 Å². The van der Waals surface area contributed by atoms with E-state index in [9.17, 15) is 57.8 Å².